The summed E-state index contributed by atoms with van der Waals surface area (Å²) in [5.74, 6) is -0.440. The number of ether oxygens (including phenoxy) is 1. The maximum absolute atomic E-state index is 12.2. The van der Waals surface area contributed by atoms with Crippen molar-refractivity contribution in [2.75, 3.05) is 65.4 Å². The predicted octanol–water partition coefficient (Wildman–Crippen LogP) is 1.50. The average Bonchev–Trinajstić information content (AvgIpc) is 2.68. The minimum atomic E-state index is -0.326. The van der Waals surface area contributed by atoms with E-state index in [2.05, 4.69) is 51.3 Å². The molecule has 0 spiro atoms. The summed E-state index contributed by atoms with van der Waals surface area (Å²) >= 11 is 0. The minimum Gasteiger partial charge on any atom is -0.466 e. The second-order valence-electron chi connectivity index (χ2n) is 7.45. The number of benzene rings is 1. The number of amides is 1. The number of nitrogens with zero attached hydrogens (tertiary/aromatic N) is 3. The molecule has 1 amide bonds. The highest BCUT2D eigenvalue weighted by molar-refractivity contribution is 5.81. The fourth-order valence-corrected chi connectivity index (χ4v) is 3.33. The van der Waals surface area contributed by atoms with Gasteiger partial charge in [-0.25, -0.2) is 0 Å². The van der Waals surface area contributed by atoms with Crippen molar-refractivity contribution in [2.24, 2.45) is 0 Å². The van der Waals surface area contributed by atoms with Gasteiger partial charge in [-0.05, 0) is 31.7 Å². The lowest BCUT2D eigenvalue weighted by atomic mass is 10.0. The van der Waals surface area contributed by atoms with Gasteiger partial charge in [0, 0.05) is 58.9 Å². The Morgan fingerprint density at radius 3 is 2.32 bits per heavy atom. The molecule has 1 atom stereocenters. The molecule has 0 unspecified atom stereocenters. The topological polar surface area (TPSA) is 65.1 Å². The van der Waals surface area contributed by atoms with Crippen LogP contribution in [0.3, 0.4) is 0 Å². The van der Waals surface area contributed by atoms with Gasteiger partial charge in [-0.15, -0.1) is 0 Å². The third-order valence-corrected chi connectivity index (χ3v) is 5.13. The number of carbonyl (C=O) groups is 2. The molecule has 1 aliphatic rings. The van der Waals surface area contributed by atoms with Crippen molar-refractivity contribution in [3.05, 3.63) is 29.8 Å². The van der Waals surface area contributed by atoms with Crippen LogP contribution in [0.4, 0.5) is 5.69 Å². The van der Waals surface area contributed by atoms with Crippen LogP contribution in [0.15, 0.2) is 24.3 Å². The number of anilines is 1. The summed E-state index contributed by atoms with van der Waals surface area (Å²) in [5.41, 5.74) is 2.35. The van der Waals surface area contributed by atoms with Gasteiger partial charge < -0.3 is 19.9 Å². The summed E-state index contributed by atoms with van der Waals surface area (Å²) < 4.78 is 4.89. The van der Waals surface area contributed by atoms with Crippen molar-refractivity contribution >= 4 is 17.6 Å². The number of hydrogen-bond donors (Lipinski definition) is 1. The van der Waals surface area contributed by atoms with Gasteiger partial charge in [0.1, 0.15) is 0 Å². The number of hydrogen-bond acceptors (Lipinski definition) is 6. The van der Waals surface area contributed by atoms with E-state index in [-0.39, 0.29) is 30.8 Å². The number of rotatable bonds is 9. The van der Waals surface area contributed by atoms with Crippen molar-refractivity contribution in [3.63, 3.8) is 0 Å². The van der Waals surface area contributed by atoms with Crippen LogP contribution in [0.2, 0.25) is 0 Å². The summed E-state index contributed by atoms with van der Waals surface area (Å²) in [6.07, 6.45) is 0.282. The smallest absolute Gasteiger partial charge is 0.306 e. The molecule has 1 fully saturated rings. The van der Waals surface area contributed by atoms with Gasteiger partial charge in [0.25, 0.3) is 0 Å². The van der Waals surface area contributed by atoms with E-state index in [0.29, 0.717) is 13.2 Å². The van der Waals surface area contributed by atoms with Gasteiger partial charge >= 0.3 is 5.97 Å². The van der Waals surface area contributed by atoms with E-state index in [9.17, 15) is 9.59 Å². The second-order valence-corrected chi connectivity index (χ2v) is 7.45. The van der Waals surface area contributed by atoms with Gasteiger partial charge in [-0.2, -0.15) is 0 Å². The van der Waals surface area contributed by atoms with E-state index in [4.69, 9.17) is 4.74 Å². The molecule has 0 saturated carbocycles. The van der Waals surface area contributed by atoms with Crippen LogP contribution in [0.5, 0.6) is 0 Å². The highest BCUT2D eigenvalue weighted by atomic mass is 16.5. The molecule has 28 heavy (non-hydrogen) atoms. The largest absolute Gasteiger partial charge is 0.466 e. The van der Waals surface area contributed by atoms with Gasteiger partial charge in [0.05, 0.1) is 19.1 Å². The molecule has 1 aromatic carbocycles. The zero-order valence-corrected chi connectivity index (χ0v) is 17.6. The Kier molecular flexibility index (Phi) is 8.73. The van der Waals surface area contributed by atoms with Gasteiger partial charge in [0.2, 0.25) is 5.91 Å². The summed E-state index contributed by atoms with van der Waals surface area (Å²) in [4.78, 5) is 30.5. The highest BCUT2D eigenvalue weighted by Gasteiger charge is 2.24. The maximum Gasteiger partial charge on any atom is 0.306 e. The normalized spacial score (nSPS) is 16.4. The first-order chi connectivity index (χ1) is 13.4. The summed E-state index contributed by atoms with van der Waals surface area (Å²) in [6, 6.07) is 8.63. The quantitative estimate of drug-likeness (QED) is 0.645. The van der Waals surface area contributed by atoms with Gasteiger partial charge in [-0.1, -0.05) is 12.1 Å². The fourth-order valence-electron chi connectivity index (χ4n) is 3.33. The average molecular weight is 391 g/mol. The van der Waals surface area contributed by atoms with E-state index < -0.39 is 0 Å². The molecule has 1 heterocycles. The van der Waals surface area contributed by atoms with Crippen LogP contribution >= 0.6 is 0 Å². The van der Waals surface area contributed by atoms with Crippen molar-refractivity contribution < 1.29 is 14.3 Å². The van der Waals surface area contributed by atoms with E-state index in [0.717, 1.165) is 31.9 Å². The van der Waals surface area contributed by atoms with Crippen LogP contribution in [-0.2, 0) is 14.3 Å². The monoisotopic (exact) mass is 390 g/mol. The second kappa shape index (κ2) is 11.0. The van der Waals surface area contributed by atoms with E-state index >= 15 is 0 Å². The predicted molar refractivity (Wildman–Crippen MR) is 111 cm³/mol. The molecule has 1 aromatic rings. The maximum atomic E-state index is 12.2. The number of nitrogens with one attached hydrogen (secondary N) is 1. The molecular weight excluding hydrogens is 356 g/mol. The third-order valence-electron chi connectivity index (χ3n) is 5.13. The first-order valence-corrected chi connectivity index (χ1v) is 10.0. The molecule has 0 radical (unpaired) electrons. The Balaban J connectivity index is 2.00. The molecule has 7 nitrogen and oxygen atoms in total. The van der Waals surface area contributed by atoms with Crippen LogP contribution in [0, 0.1) is 0 Å². The number of esters is 1. The molecule has 0 bridgehead atoms. The van der Waals surface area contributed by atoms with E-state index in [1.165, 1.54) is 5.56 Å². The Morgan fingerprint density at radius 2 is 1.75 bits per heavy atom. The molecule has 156 valence electrons. The zero-order valence-electron chi connectivity index (χ0n) is 17.6. The number of piperazine rings is 1. The first kappa shape index (κ1) is 22.2. The Bertz CT molecular complexity index is 625. The van der Waals surface area contributed by atoms with Crippen LogP contribution in [0.25, 0.3) is 0 Å². The highest BCUT2D eigenvalue weighted by Crippen LogP contribution is 2.24. The molecular formula is C21H34N4O3. The number of carbonyl (C=O) groups excluding carboxylic acids is 2. The molecule has 1 N–H and O–H groups in total. The lowest BCUT2D eigenvalue weighted by Crippen LogP contribution is -2.48. The van der Waals surface area contributed by atoms with Crippen LogP contribution < -0.4 is 10.2 Å². The fraction of sp³-hybridized carbons (Fsp3) is 0.619. The third kappa shape index (κ3) is 6.80. The molecule has 7 heteroatoms. The van der Waals surface area contributed by atoms with Crippen molar-refractivity contribution in [3.8, 4) is 0 Å². The van der Waals surface area contributed by atoms with Gasteiger partial charge in [0.15, 0.2) is 0 Å². The molecule has 2 rings (SSSR count). The van der Waals surface area contributed by atoms with Gasteiger partial charge in [-0.3, -0.25) is 14.5 Å². The summed E-state index contributed by atoms with van der Waals surface area (Å²) in [6.45, 7) is 6.61. The molecule has 1 aliphatic heterocycles. The van der Waals surface area contributed by atoms with E-state index in [1.807, 2.05) is 14.1 Å². The SMILES string of the molecule is CCOC(=O)CCC(=O)NC[C@H](c1ccc(N(C)C)cc1)N1CCN(C)CC1. The lowest BCUT2D eigenvalue weighted by Gasteiger charge is -2.38. The first-order valence-electron chi connectivity index (χ1n) is 10.0. The molecule has 0 aromatic heterocycles. The van der Waals surface area contributed by atoms with Crippen LogP contribution in [-0.4, -0.2) is 82.1 Å². The van der Waals surface area contributed by atoms with E-state index in [1.54, 1.807) is 6.92 Å². The standard InChI is InChI=1S/C21H34N4O3/c1-5-28-21(27)11-10-20(26)22-16-19(25-14-12-24(4)13-15-25)17-6-8-18(9-7-17)23(2)3/h6-9,19H,5,10-16H2,1-4H3,(H,22,26)/t19-/m1/s1. The van der Waals surface area contributed by atoms with Crippen molar-refractivity contribution in [2.45, 2.75) is 25.8 Å². The Hall–Kier alpha value is -2.12. The minimum absolute atomic E-state index is 0.114. The molecule has 1 saturated heterocycles. The van der Waals surface area contributed by atoms with Crippen molar-refractivity contribution in [1.29, 1.82) is 0 Å². The summed E-state index contributed by atoms with van der Waals surface area (Å²) in [5, 5.41) is 3.01. The van der Waals surface area contributed by atoms with Crippen LogP contribution in [0.1, 0.15) is 31.4 Å². The zero-order chi connectivity index (χ0) is 20.5. The lowest BCUT2D eigenvalue weighted by molar-refractivity contribution is -0.144. The molecule has 0 aliphatic carbocycles. The van der Waals surface area contributed by atoms with Crippen molar-refractivity contribution in [1.82, 2.24) is 15.1 Å². The Labute approximate surface area is 168 Å². The summed E-state index contributed by atoms with van der Waals surface area (Å²) in [7, 11) is 6.18. The number of likely N-dealkylation sites (N-methyl/N-ethyl adjacent to an activating group) is 1. The Morgan fingerprint density at radius 1 is 1.11 bits per heavy atom.